The van der Waals surface area contributed by atoms with E-state index in [4.69, 9.17) is 14.0 Å². The van der Waals surface area contributed by atoms with Gasteiger partial charge in [0.2, 0.25) is 5.91 Å². The highest BCUT2D eigenvalue weighted by molar-refractivity contribution is 5.93. The number of morpholine rings is 1. The molecule has 3 rings (SSSR count). The first-order valence-electron chi connectivity index (χ1n) is 10.2. The van der Waals surface area contributed by atoms with Crippen LogP contribution in [0.2, 0.25) is 0 Å². The summed E-state index contributed by atoms with van der Waals surface area (Å²) in [4.78, 5) is 28.9. The molecule has 8 nitrogen and oxygen atoms in total. The highest BCUT2D eigenvalue weighted by Crippen LogP contribution is 2.25. The smallest absolute Gasteiger partial charge is 0.276 e. The van der Waals surface area contributed by atoms with E-state index < -0.39 is 0 Å². The molecule has 2 aromatic rings. The van der Waals surface area contributed by atoms with Crippen LogP contribution in [-0.4, -0.2) is 79.9 Å². The van der Waals surface area contributed by atoms with Gasteiger partial charge in [-0.1, -0.05) is 22.9 Å². The number of amides is 2. The number of aryl methyl sites for hydroxylation is 2. The summed E-state index contributed by atoms with van der Waals surface area (Å²) in [6.45, 7) is 7.32. The number of hydrogen-bond acceptors (Lipinski definition) is 6. The van der Waals surface area contributed by atoms with Gasteiger partial charge < -0.3 is 23.8 Å². The molecular formula is C22H29N3O5. The van der Waals surface area contributed by atoms with Gasteiger partial charge in [0.25, 0.3) is 5.91 Å². The van der Waals surface area contributed by atoms with Gasteiger partial charge in [0, 0.05) is 51.3 Å². The van der Waals surface area contributed by atoms with E-state index in [-0.39, 0.29) is 23.9 Å². The lowest BCUT2D eigenvalue weighted by molar-refractivity contribution is -0.135. The number of aromatic nitrogens is 1. The van der Waals surface area contributed by atoms with Crippen molar-refractivity contribution in [3.05, 3.63) is 41.1 Å². The molecule has 0 N–H and O–H groups in total. The first-order chi connectivity index (χ1) is 14.5. The van der Waals surface area contributed by atoms with E-state index in [1.54, 1.807) is 23.0 Å². The van der Waals surface area contributed by atoms with Gasteiger partial charge in [-0.25, -0.2) is 0 Å². The Morgan fingerprint density at radius 2 is 1.93 bits per heavy atom. The minimum absolute atomic E-state index is 0.0183. The second kappa shape index (κ2) is 10.4. The van der Waals surface area contributed by atoms with Crippen LogP contribution in [0.4, 0.5) is 0 Å². The number of carbonyl (C=O) groups is 2. The molecule has 1 saturated heterocycles. The normalized spacial score (nSPS) is 14.0. The third-order valence-electron chi connectivity index (χ3n) is 5.20. The molecule has 1 aromatic carbocycles. The minimum atomic E-state index is -0.276. The van der Waals surface area contributed by atoms with Crippen LogP contribution in [0.1, 0.15) is 28.0 Å². The fourth-order valence-electron chi connectivity index (χ4n) is 3.38. The van der Waals surface area contributed by atoms with Gasteiger partial charge in [-0.2, -0.15) is 0 Å². The first-order valence-corrected chi connectivity index (χ1v) is 10.2. The summed E-state index contributed by atoms with van der Waals surface area (Å²) in [5.74, 6) is 0.294. The van der Waals surface area contributed by atoms with Crippen LogP contribution < -0.4 is 0 Å². The molecule has 0 aliphatic carbocycles. The van der Waals surface area contributed by atoms with E-state index in [0.717, 1.165) is 16.7 Å². The van der Waals surface area contributed by atoms with Crippen molar-refractivity contribution in [2.75, 3.05) is 53.1 Å². The molecule has 0 atom stereocenters. The Morgan fingerprint density at radius 3 is 2.67 bits per heavy atom. The predicted octanol–water partition coefficient (Wildman–Crippen LogP) is 2.30. The fraction of sp³-hybridized carbons (Fsp3) is 0.500. The molecule has 2 heterocycles. The Balaban J connectivity index is 1.69. The molecule has 162 valence electrons. The Hall–Kier alpha value is -2.71. The third-order valence-corrected chi connectivity index (χ3v) is 5.20. The second-order valence-corrected chi connectivity index (χ2v) is 7.42. The van der Waals surface area contributed by atoms with Crippen LogP contribution in [0.15, 0.2) is 28.8 Å². The number of rotatable bonds is 8. The number of ether oxygens (including phenoxy) is 2. The summed E-state index contributed by atoms with van der Waals surface area (Å²) in [5.41, 5.74) is 3.28. The molecule has 1 aliphatic heterocycles. The van der Waals surface area contributed by atoms with Crippen molar-refractivity contribution in [1.82, 2.24) is 15.0 Å². The molecule has 2 amide bonds. The monoisotopic (exact) mass is 415 g/mol. The topological polar surface area (TPSA) is 85.1 Å². The molecule has 1 aliphatic rings. The van der Waals surface area contributed by atoms with Crippen molar-refractivity contribution < 1.29 is 23.6 Å². The van der Waals surface area contributed by atoms with Crippen LogP contribution in [0, 0.1) is 13.8 Å². The molecule has 0 saturated carbocycles. The van der Waals surface area contributed by atoms with Crippen molar-refractivity contribution in [1.29, 1.82) is 0 Å². The lowest BCUT2D eigenvalue weighted by Crippen LogP contribution is -2.43. The van der Waals surface area contributed by atoms with Crippen molar-refractivity contribution >= 4 is 11.8 Å². The van der Waals surface area contributed by atoms with Crippen molar-refractivity contribution in [3.63, 3.8) is 0 Å². The van der Waals surface area contributed by atoms with Crippen LogP contribution in [0.3, 0.4) is 0 Å². The van der Waals surface area contributed by atoms with Crippen LogP contribution in [0.5, 0.6) is 0 Å². The van der Waals surface area contributed by atoms with Gasteiger partial charge in [-0.05, 0) is 25.5 Å². The maximum Gasteiger partial charge on any atom is 0.276 e. The number of benzene rings is 1. The molecule has 0 unspecified atom stereocenters. The quantitative estimate of drug-likeness (QED) is 0.658. The van der Waals surface area contributed by atoms with E-state index in [2.05, 4.69) is 5.16 Å². The van der Waals surface area contributed by atoms with Gasteiger partial charge in [0.1, 0.15) is 0 Å². The van der Waals surface area contributed by atoms with Crippen molar-refractivity contribution in [3.8, 4) is 11.3 Å². The van der Waals surface area contributed by atoms with Gasteiger partial charge in [0.05, 0.1) is 19.8 Å². The largest absolute Gasteiger partial charge is 0.383 e. The second-order valence-electron chi connectivity index (χ2n) is 7.42. The van der Waals surface area contributed by atoms with Crippen molar-refractivity contribution in [2.24, 2.45) is 0 Å². The number of carbonyl (C=O) groups excluding carboxylic acids is 2. The Kier molecular flexibility index (Phi) is 7.59. The van der Waals surface area contributed by atoms with Gasteiger partial charge in [0.15, 0.2) is 11.5 Å². The summed E-state index contributed by atoms with van der Waals surface area (Å²) in [6.07, 6.45) is 0.247. The highest BCUT2D eigenvalue weighted by Gasteiger charge is 2.23. The minimum Gasteiger partial charge on any atom is -0.383 e. The standard InChI is InChI=1S/C22H29N3O5/c1-16-4-5-17(2)18(14-16)20-15-19(23-30-20)22(27)25(8-11-28-3)7-6-21(26)24-9-12-29-13-10-24/h4-5,14-15H,6-13H2,1-3H3. The third kappa shape index (κ3) is 5.46. The van der Waals surface area contributed by atoms with Crippen molar-refractivity contribution in [2.45, 2.75) is 20.3 Å². The zero-order valence-electron chi connectivity index (χ0n) is 17.8. The van der Waals surface area contributed by atoms with Gasteiger partial charge in [-0.15, -0.1) is 0 Å². The molecule has 1 fully saturated rings. The molecule has 1 aromatic heterocycles. The average Bonchev–Trinajstić information content (AvgIpc) is 3.25. The first kappa shape index (κ1) is 22.0. The Bertz CT molecular complexity index is 873. The number of nitrogens with zero attached hydrogens (tertiary/aromatic N) is 3. The predicted molar refractivity (Wildman–Crippen MR) is 111 cm³/mol. The molecule has 0 bridgehead atoms. The summed E-state index contributed by atoms with van der Waals surface area (Å²) in [7, 11) is 1.58. The number of hydrogen-bond donors (Lipinski definition) is 0. The maximum atomic E-state index is 13.0. The molecule has 0 radical (unpaired) electrons. The molecule has 8 heteroatoms. The summed E-state index contributed by atoms with van der Waals surface area (Å²) in [6, 6.07) is 7.71. The van der Waals surface area contributed by atoms with Crippen LogP contribution in [-0.2, 0) is 14.3 Å². The Labute approximate surface area is 176 Å². The summed E-state index contributed by atoms with van der Waals surface area (Å²) in [5, 5.41) is 3.99. The highest BCUT2D eigenvalue weighted by atomic mass is 16.5. The van der Waals surface area contributed by atoms with E-state index in [1.807, 2.05) is 32.0 Å². The van der Waals surface area contributed by atoms with E-state index >= 15 is 0 Å². The Morgan fingerprint density at radius 1 is 1.17 bits per heavy atom. The zero-order chi connectivity index (χ0) is 21.5. The van der Waals surface area contributed by atoms with E-state index in [1.165, 1.54) is 0 Å². The van der Waals surface area contributed by atoms with Crippen LogP contribution in [0.25, 0.3) is 11.3 Å². The van der Waals surface area contributed by atoms with E-state index in [0.29, 0.717) is 51.8 Å². The summed E-state index contributed by atoms with van der Waals surface area (Å²) >= 11 is 0. The number of methoxy groups -OCH3 is 1. The van der Waals surface area contributed by atoms with Crippen LogP contribution >= 0.6 is 0 Å². The van der Waals surface area contributed by atoms with Gasteiger partial charge >= 0.3 is 0 Å². The van der Waals surface area contributed by atoms with E-state index in [9.17, 15) is 9.59 Å². The lowest BCUT2D eigenvalue weighted by Gasteiger charge is -2.28. The summed E-state index contributed by atoms with van der Waals surface area (Å²) < 4.78 is 15.9. The SMILES string of the molecule is COCCN(CCC(=O)N1CCOCC1)C(=O)c1cc(-c2cc(C)ccc2C)on1. The molecule has 0 spiro atoms. The lowest BCUT2D eigenvalue weighted by atomic mass is 10.0. The fourth-order valence-corrected chi connectivity index (χ4v) is 3.38. The van der Waals surface area contributed by atoms with Gasteiger partial charge in [-0.3, -0.25) is 9.59 Å². The molecular weight excluding hydrogens is 386 g/mol. The molecule has 30 heavy (non-hydrogen) atoms. The maximum absolute atomic E-state index is 13.0. The average molecular weight is 415 g/mol. The zero-order valence-corrected chi connectivity index (χ0v) is 17.8.